The van der Waals surface area contributed by atoms with E-state index in [-0.39, 0.29) is 31.1 Å². The maximum Gasteiger partial charge on any atom is 0.323 e. The number of hydrogen-bond donors (Lipinski definition) is 3. The van der Waals surface area contributed by atoms with Crippen LogP contribution in [-0.4, -0.2) is 65.7 Å². The molecule has 0 aromatic heterocycles. The number of carbonyl (C=O) groups excluding carboxylic acids is 2. The number of rotatable bonds is 10. The van der Waals surface area contributed by atoms with E-state index in [1.165, 1.54) is 4.90 Å². The predicted octanol–water partition coefficient (Wildman–Crippen LogP) is 0.881. The van der Waals surface area contributed by atoms with Gasteiger partial charge in [0.2, 0.25) is 5.91 Å². The number of unbranched alkanes of at least 4 members (excludes halogenated alkanes) is 1. The summed E-state index contributed by atoms with van der Waals surface area (Å²) in [5.41, 5.74) is 5.54. The number of nitrogens with one attached hydrogen (secondary N) is 1. The van der Waals surface area contributed by atoms with Gasteiger partial charge in [-0.3, -0.25) is 19.7 Å². The summed E-state index contributed by atoms with van der Waals surface area (Å²) in [5, 5.41) is 12.4. The van der Waals surface area contributed by atoms with Gasteiger partial charge in [0.25, 0.3) is 0 Å². The molecule has 0 aromatic carbocycles. The monoisotopic (exact) mass is 383 g/mol. The zero-order chi connectivity index (χ0) is 19.8. The Bertz CT molecular complexity index is 527. The fraction of sp³-hybridized carbons (Fsp3) is 0.842. The minimum absolute atomic E-state index is 0.00122. The first-order valence-corrected chi connectivity index (χ1v) is 10.1. The standard InChI is InChI=1S/C19H33N3O5/c1-2-27-19(26)15(7-3-4-11-20)21-14-10-9-13-6-5-8-16(13)22(18(14)25)12-17(23)24/h13-16,21H,2-12,20H2,1H3,(H,23,24)/t13?,14-,15-,16?/m0/s1. The molecule has 4 N–H and O–H groups in total. The molecule has 1 aliphatic heterocycles. The lowest BCUT2D eigenvalue weighted by Gasteiger charge is -2.31. The van der Waals surface area contributed by atoms with Crippen LogP contribution in [0.4, 0.5) is 0 Å². The lowest BCUT2D eigenvalue weighted by Crippen LogP contribution is -2.54. The number of carboxylic acid groups (broad SMARTS) is 1. The molecule has 1 amide bonds. The molecule has 0 bridgehead atoms. The van der Waals surface area contributed by atoms with Gasteiger partial charge in [0, 0.05) is 6.04 Å². The zero-order valence-electron chi connectivity index (χ0n) is 16.2. The van der Waals surface area contributed by atoms with Gasteiger partial charge in [0.15, 0.2) is 0 Å². The van der Waals surface area contributed by atoms with Crippen LogP contribution in [0.3, 0.4) is 0 Å². The molecule has 2 aliphatic rings. The van der Waals surface area contributed by atoms with Gasteiger partial charge < -0.3 is 20.5 Å². The van der Waals surface area contributed by atoms with Crippen molar-refractivity contribution in [1.82, 2.24) is 10.2 Å². The third kappa shape index (κ3) is 5.90. The van der Waals surface area contributed by atoms with E-state index in [1.54, 1.807) is 6.92 Å². The number of carboxylic acids is 1. The molecule has 2 unspecified atom stereocenters. The van der Waals surface area contributed by atoms with Crippen LogP contribution in [0.1, 0.15) is 58.3 Å². The first-order chi connectivity index (χ1) is 13.0. The number of hydrogen-bond acceptors (Lipinski definition) is 6. The molecule has 8 nitrogen and oxygen atoms in total. The highest BCUT2D eigenvalue weighted by Crippen LogP contribution is 2.36. The van der Waals surface area contributed by atoms with Crippen LogP contribution in [0.15, 0.2) is 0 Å². The minimum atomic E-state index is -1.00. The Kier molecular flexibility index (Phi) is 8.50. The zero-order valence-corrected chi connectivity index (χ0v) is 16.2. The van der Waals surface area contributed by atoms with Gasteiger partial charge in [-0.05, 0) is 57.9 Å². The smallest absolute Gasteiger partial charge is 0.323 e. The number of ether oxygens (including phenoxy) is 1. The predicted molar refractivity (Wildman–Crippen MR) is 100.0 cm³/mol. The van der Waals surface area contributed by atoms with Crippen molar-refractivity contribution in [3.8, 4) is 0 Å². The van der Waals surface area contributed by atoms with E-state index in [1.807, 2.05) is 0 Å². The van der Waals surface area contributed by atoms with E-state index in [0.29, 0.717) is 25.3 Å². The fourth-order valence-corrected chi connectivity index (χ4v) is 4.38. The molecule has 154 valence electrons. The van der Waals surface area contributed by atoms with Crippen molar-refractivity contribution >= 4 is 17.8 Å². The van der Waals surface area contributed by atoms with Crippen LogP contribution >= 0.6 is 0 Å². The van der Waals surface area contributed by atoms with Crippen LogP contribution < -0.4 is 11.1 Å². The Morgan fingerprint density at radius 1 is 1.30 bits per heavy atom. The Morgan fingerprint density at radius 3 is 2.74 bits per heavy atom. The number of aliphatic carboxylic acids is 1. The highest BCUT2D eigenvalue weighted by atomic mass is 16.5. The molecule has 4 atom stereocenters. The van der Waals surface area contributed by atoms with E-state index in [4.69, 9.17) is 10.5 Å². The van der Waals surface area contributed by atoms with Crippen molar-refractivity contribution in [3.63, 3.8) is 0 Å². The van der Waals surface area contributed by atoms with Gasteiger partial charge in [-0.15, -0.1) is 0 Å². The Morgan fingerprint density at radius 2 is 2.07 bits per heavy atom. The van der Waals surface area contributed by atoms with E-state index in [0.717, 1.165) is 38.5 Å². The number of fused-ring (bicyclic) bond motifs is 1. The van der Waals surface area contributed by atoms with Crippen LogP contribution in [0.25, 0.3) is 0 Å². The molecule has 8 heteroatoms. The quantitative estimate of drug-likeness (QED) is 0.378. The molecule has 0 aromatic rings. The number of nitrogens with two attached hydrogens (primary N) is 1. The molecule has 2 rings (SSSR count). The van der Waals surface area contributed by atoms with Crippen LogP contribution in [-0.2, 0) is 19.1 Å². The van der Waals surface area contributed by atoms with Gasteiger partial charge in [0.1, 0.15) is 12.6 Å². The first-order valence-electron chi connectivity index (χ1n) is 10.1. The molecule has 1 aliphatic carbocycles. The maximum atomic E-state index is 13.1. The summed E-state index contributed by atoms with van der Waals surface area (Å²) in [4.78, 5) is 38.3. The molecule has 27 heavy (non-hydrogen) atoms. The lowest BCUT2D eigenvalue weighted by atomic mass is 9.97. The van der Waals surface area contributed by atoms with E-state index < -0.39 is 18.1 Å². The lowest BCUT2D eigenvalue weighted by molar-refractivity contribution is -0.149. The van der Waals surface area contributed by atoms with Gasteiger partial charge >= 0.3 is 11.9 Å². The maximum absolute atomic E-state index is 13.1. The van der Waals surface area contributed by atoms with Crippen molar-refractivity contribution in [2.75, 3.05) is 19.7 Å². The molecule has 1 heterocycles. The summed E-state index contributed by atoms with van der Waals surface area (Å²) in [6.45, 7) is 2.30. The van der Waals surface area contributed by atoms with Crippen LogP contribution in [0.2, 0.25) is 0 Å². The number of amides is 1. The van der Waals surface area contributed by atoms with Gasteiger partial charge in [-0.1, -0.05) is 12.8 Å². The molecule has 1 saturated heterocycles. The normalized spacial score (nSPS) is 26.4. The van der Waals surface area contributed by atoms with Crippen LogP contribution in [0.5, 0.6) is 0 Å². The fourth-order valence-electron chi connectivity index (χ4n) is 4.38. The molecule has 1 saturated carbocycles. The van der Waals surface area contributed by atoms with E-state index in [9.17, 15) is 19.5 Å². The Balaban J connectivity index is 2.11. The minimum Gasteiger partial charge on any atom is -0.480 e. The average Bonchev–Trinajstić information content (AvgIpc) is 3.05. The summed E-state index contributed by atoms with van der Waals surface area (Å²) in [6.07, 6.45) is 6.49. The number of carbonyl (C=O) groups is 3. The molecular formula is C19H33N3O5. The van der Waals surface area contributed by atoms with Crippen molar-refractivity contribution in [1.29, 1.82) is 0 Å². The Hall–Kier alpha value is -1.67. The second-order valence-corrected chi connectivity index (χ2v) is 7.50. The summed E-state index contributed by atoms with van der Waals surface area (Å²) >= 11 is 0. The first kappa shape index (κ1) is 21.6. The van der Waals surface area contributed by atoms with Gasteiger partial charge in [-0.2, -0.15) is 0 Å². The topological polar surface area (TPSA) is 122 Å². The van der Waals surface area contributed by atoms with Crippen molar-refractivity contribution < 1.29 is 24.2 Å². The third-order valence-electron chi connectivity index (χ3n) is 5.65. The van der Waals surface area contributed by atoms with Gasteiger partial charge in [-0.25, -0.2) is 0 Å². The number of nitrogens with zero attached hydrogens (tertiary/aromatic N) is 1. The molecule has 2 fully saturated rings. The highest BCUT2D eigenvalue weighted by Gasteiger charge is 2.42. The SMILES string of the molecule is CCOC(=O)[C@H](CCCCN)N[C@H]1CCC2CCCC2N(CC(=O)O)C1=O. The van der Waals surface area contributed by atoms with Gasteiger partial charge in [0.05, 0.1) is 12.6 Å². The largest absolute Gasteiger partial charge is 0.480 e. The summed E-state index contributed by atoms with van der Waals surface area (Å²) < 4.78 is 5.16. The number of likely N-dealkylation sites (tertiary alicyclic amines) is 1. The Labute approximate surface area is 160 Å². The number of esters is 1. The van der Waals surface area contributed by atoms with Crippen molar-refractivity contribution in [3.05, 3.63) is 0 Å². The molecular weight excluding hydrogens is 350 g/mol. The average molecular weight is 383 g/mol. The third-order valence-corrected chi connectivity index (χ3v) is 5.65. The summed E-state index contributed by atoms with van der Waals surface area (Å²) in [5.74, 6) is -1.23. The van der Waals surface area contributed by atoms with Crippen molar-refractivity contribution in [2.45, 2.75) is 76.4 Å². The van der Waals surface area contributed by atoms with Crippen molar-refractivity contribution in [2.24, 2.45) is 11.7 Å². The molecule has 0 radical (unpaired) electrons. The summed E-state index contributed by atoms with van der Waals surface area (Å²) in [7, 11) is 0. The van der Waals surface area contributed by atoms with E-state index in [2.05, 4.69) is 5.32 Å². The highest BCUT2D eigenvalue weighted by molar-refractivity contribution is 5.87. The molecule has 0 spiro atoms. The second-order valence-electron chi connectivity index (χ2n) is 7.50. The summed E-state index contributed by atoms with van der Waals surface area (Å²) in [6, 6.07) is -1.13. The van der Waals surface area contributed by atoms with E-state index >= 15 is 0 Å². The second kappa shape index (κ2) is 10.6. The van der Waals surface area contributed by atoms with Crippen LogP contribution in [0, 0.1) is 5.92 Å².